The third kappa shape index (κ3) is 4.41. The molecule has 0 unspecified atom stereocenters. The lowest BCUT2D eigenvalue weighted by Crippen LogP contribution is -2.22. The molecule has 1 N–H and O–H groups in total. The molecule has 0 saturated carbocycles. The topological polar surface area (TPSA) is 32.3 Å². The van der Waals surface area contributed by atoms with Gasteiger partial charge in [0, 0.05) is 12.2 Å². The van der Waals surface area contributed by atoms with Crippen LogP contribution in [0.1, 0.15) is 19.4 Å². The fourth-order valence-corrected chi connectivity index (χ4v) is 1.65. The van der Waals surface area contributed by atoms with E-state index in [2.05, 4.69) is 36.7 Å². The van der Waals surface area contributed by atoms with Crippen LogP contribution in [0.4, 0.5) is 5.69 Å². The van der Waals surface area contributed by atoms with Gasteiger partial charge in [0.2, 0.25) is 5.91 Å². The van der Waals surface area contributed by atoms with Crippen LogP contribution in [0.2, 0.25) is 0 Å². The van der Waals surface area contributed by atoms with Gasteiger partial charge < -0.3 is 5.32 Å². The van der Waals surface area contributed by atoms with Crippen LogP contribution in [0.5, 0.6) is 0 Å². The van der Waals surface area contributed by atoms with Gasteiger partial charge in [-0.15, -0.1) is 0 Å². The molecule has 3 nitrogen and oxygen atoms in total. The summed E-state index contributed by atoms with van der Waals surface area (Å²) in [6.07, 6.45) is 1.27. The number of carbonyl (C=O) groups excluding carboxylic acids is 1. The minimum absolute atomic E-state index is 0.176. The Kier molecular flexibility index (Phi) is 5.43. The number of rotatable bonds is 6. The van der Waals surface area contributed by atoms with Crippen molar-refractivity contribution < 1.29 is 4.79 Å². The smallest absolute Gasteiger partial charge is 0.247 e. The number of benzene rings is 1. The Morgan fingerprint density at radius 2 is 2.12 bits per heavy atom. The zero-order valence-corrected chi connectivity index (χ0v) is 10.6. The highest BCUT2D eigenvalue weighted by atomic mass is 16.1. The first-order valence-electron chi connectivity index (χ1n) is 5.94. The van der Waals surface area contributed by atoms with Gasteiger partial charge in [-0.25, -0.2) is 0 Å². The van der Waals surface area contributed by atoms with Crippen LogP contribution in [0.3, 0.4) is 0 Å². The largest absolute Gasteiger partial charge is 0.323 e. The Balaban J connectivity index is 2.71. The summed E-state index contributed by atoms with van der Waals surface area (Å²) >= 11 is 0. The normalized spacial score (nSPS) is 10.3. The molecule has 0 fully saturated rings. The number of nitrogens with one attached hydrogen (secondary N) is 1. The van der Waals surface area contributed by atoms with E-state index in [9.17, 15) is 4.79 Å². The van der Waals surface area contributed by atoms with Crippen molar-refractivity contribution in [1.29, 1.82) is 0 Å². The van der Waals surface area contributed by atoms with Crippen LogP contribution in [0.15, 0.2) is 36.9 Å². The van der Waals surface area contributed by atoms with Gasteiger partial charge >= 0.3 is 0 Å². The first kappa shape index (κ1) is 13.5. The van der Waals surface area contributed by atoms with E-state index in [-0.39, 0.29) is 5.91 Å². The fourth-order valence-electron chi connectivity index (χ4n) is 1.65. The number of nitrogens with zero attached hydrogens (tertiary/aromatic N) is 1. The highest BCUT2D eigenvalue weighted by Gasteiger charge is 2.02. The van der Waals surface area contributed by atoms with Crippen molar-refractivity contribution in [2.75, 3.05) is 18.4 Å². The summed E-state index contributed by atoms with van der Waals surface area (Å²) in [6, 6.07) is 7.91. The Labute approximate surface area is 103 Å². The quantitative estimate of drug-likeness (QED) is 0.765. The van der Waals surface area contributed by atoms with Gasteiger partial charge in [-0.1, -0.05) is 32.6 Å². The van der Waals surface area contributed by atoms with Gasteiger partial charge in [0.05, 0.1) is 0 Å². The average molecular weight is 232 g/mol. The second-order valence-corrected chi connectivity index (χ2v) is 3.86. The van der Waals surface area contributed by atoms with Crippen LogP contribution in [0, 0.1) is 0 Å². The fraction of sp³-hybridized carbons (Fsp3) is 0.357. The van der Waals surface area contributed by atoms with E-state index in [1.54, 1.807) is 0 Å². The molecule has 0 aliphatic rings. The monoisotopic (exact) mass is 232 g/mol. The Hall–Kier alpha value is -1.61. The van der Waals surface area contributed by atoms with Crippen LogP contribution < -0.4 is 5.32 Å². The summed E-state index contributed by atoms with van der Waals surface area (Å²) < 4.78 is 0. The highest BCUT2D eigenvalue weighted by molar-refractivity contribution is 5.98. The second kappa shape index (κ2) is 6.86. The number of amides is 1. The van der Waals surface area contributed by atoms with Gasteiger partial charge in [0.1, 0.15) is 0 Å². The molecule has 0 spiro atoms. The summed E-state index contributed by atoms with van der Waals surface area (Å²) in [6.45, 7) is 10.7. The molecule has 0 aliphatic heterocycles. The van der Waals surface area contributed by atoms with Crippen molar-refractivity contribution in [3.63, 3.8) is 0 Å². The summed E-state index contributed by atoms with van der Waals surface area (Å²) in [4.78, 5) is 13.5. The summed E-state index contributed by atoms with van der Waals surface area (Å²) in [7, 11) is 0. The molecule has 0 atom stereocenters. The molecule has 92 valence electrons. The molecule has 3 heteroatoms. The first-order chi connectivity index (χ1) is 8.19. The minimum Gasteiger partial charge on any atom is -0.323 e. The van der Waals surface area contributed by atoms with E-state index in [0.717, 1.165) is 25.3 Å². The molecule has 1 aromatic carbocycles. The molecule has 0 aromatic heterocycles. The maximum absolute atomic E-state index is 11.2. The van der Waals surface area contributed by atoms with Crippen molar-refractivity contribution in [3.8, 4) is 0 Å². The maximum atomic E-state index is 11.2. The van der Waals surface area contributed by atoms with Gasteiger partial charge in [-0.3, -0.25) is 9.69 Å². The zero-order chi connectivity index (χ0) is 12.7. The molecule has 0 saturated heterocycles. The van der Waals surface area contributed by atoms with Crippen molar-refractivity contribution in [3.05, 3.63) is 42.5 Å². The van der Waals surface area contributed by atoms with E-state index < -0.39 is 0 Å². The molecular formula is C14H20N2O. The summed E-state index contributed by atoms with van der Waals surface area (Å²) in [5, 5.41) is 2.77. The number of hydrogen-bond acceptors (Lipinski definition) is 2. The average Bonchev–Trinajstić information content (AvgIpc) is 2.36. The van der Waals surface area contributed by atoms with E-state index in [0.29, 0.717) is 0 Å². The third-order valence-corrected chi connectivity index (χ3v) is 2.68. The SMILES string of the molecule is C=CC(=O)Nc1cccc(CN(CC)CC)c1. The van der Waals surface area contributed by atoms with E-state index in [4.69, 9.17) is 0 Å². The predicted octanol–water partition coefficient (Wildman–Crippen LogP) is 2.65. The Morgan fingerprint density at radius 3 is 2.71 bits per heavy atom. The van der Waals surface area contributed by atoms with E-state index in [1.165, 1.54) is 11.6 Å². The van der Waals surface area contributed by atoms with Crippen molar-refractivity contribution >= 4 is 11.6 Å². The molecule has 0 radical (unpaired) electrons. The van der Waals surface area contributed by atoms with Crippen LogP contribution in [-0.2, 0) is 11.3 Å². The molecule has 0 aliphatic carbocycles. The van der Waals surface area contributed by atoms with Gasteiger partial charge in [-0.05, 0) is 36.9 Å². The van der Waals surface area contributed by atoms with Crippen LogP contribution in [0.25, 0.3) is 0 Å². The first-order valence-corrected chi connectivity index (χ1v) is 5.94. The Bertz CT molecular complexity index is 384. The second-order valence-electron chi connectivity index (χ2n) is 3.86. The molecule has 1 aromatic rings. The highest BCUT2D eigenvalue weighted by Crippen LogP contribution is 2.12. The Morgan fingerprint density at radius 1 is 1.41 bits per heavy atom. The predicted molar refractivity (Wildman–Crippen MR) is 71.9 cm³/mol. The van der Waals surface area contributed by atoms with Crippen molar-refractivity contribution in [2.24, 2.45) is 0 Å². The maximum Gasteiger partial charge on any atom is 0.247 e. The molecule has 17 heavy (non-hydrogen) atoms. The van der Waals surface area contributed by atoms with Gasteiger partial charge in [-0.2, -0.15) is 0 Å². The third-order valence-electron chi connectivity index (χ3n) is 2.68. The molecular weight excluding hydrogens is 212 g/mol. The zero-order valence-electron chi connectivity index (χ0n) is 10.6. The molecule has 1 rings (SSSR count). The lowest BCUT2D eigenvalue weighted by Gasteiger charge is -2.18. The summed E-state index contributed by atoms with van der Waals surface area (Å²) in [5.41, 5.74) is 2.02. The number of carbonyl (C=O) groups is 1. The molecule has 0 heterocycles. The van der Waals surface area contributed by atoms with Crippen LogP contribution in [-0.4, -0.2) is 23.9 Å². The number of anilines is 1. The standard InChI is InChI=1S/C14H20N2O/c1-4-14(17)15-13-9-7-8-12(10-13)11-16(5-2)6-3/h4,7-10H,1,5-6,11H2,2-3H3,(H,15,17). The summed E-state index contributed by atoms with van der Waals surface area (Å²) in [5.74, 6) is -0.176. The molecule has 1 amide bonds. The minimum atomic E-state index is -0.176. The van der Waals surface area contributed by atoms with E-state index in [1.807, 2.05) is 18.2 Å². The number of hydrogen-bond donors (Lipinski definition) is 1. The lowest BCUT2D eigenvalue weighted by molar-refractivity contribution is -0.111. The molecule has 0 bridgehead atoms. The lowest BCUT2D eigenvalue weighted by atomic mass is 10.2. The van der Waals surface area contributed by atoms with Crippen LogP contribution >= 0.6 is 0 Å². The van der Waals surface area contributed by atoms with Gasteiger partial charge in [0.15, 0.2) is 0 Å². The van der Waals surface area contributed by atoms with Crippen molar-refractivity contribution in [2.45, 2.75) is 20.4 Å². The van der Waals surface area contributed by atoms with Crippen molar-refractivity contribution in [1.82, 2.24) is 4.90 Å². The van der Waals surface area contributed by atoms with Gasteiger partial charge in [0.25, 0.3) is 0 Å². The van der Waals surface area contributed by atoms with E-state index >= 15 is 0 Å².